The van der Waals surface area contributed by atoms with Crippen LogP contribution < -0.4 is 10.6 Å². The SMILES string of the molecule is CC(C)(C)OC(=O)N1CCC(n2cccc2C(=O)NCCNc2cccc(F)c2C#N)CC1. The Kier molecular flexibility index (Phi) is 7.59. The molecular weight excluding hydrogens is 425 g/mol. The monoisotopic (exact) mass is 455 g/mol. The molecule has 9 heteroatoms. The fraction of sp³-hybridized carbons (Fsp3) is 0.458. The van der Waals surface area contributed by atoms with E-state index >= 15 is 0 Å². The van der Waals surface area contributed by atoms with E-state index in [-0.39, 0.29) is 23.6 Å². The molecule has 1 aromatic heterocycles. The molecule has 1 aromatic carbocycles. The van der Waals surface area contributed by atoms with Gasteiger partial charge in [0.2, 0.25) is 0 Å². The first-order valence-corrected chi connectivity index (χ1v) is 11.0. The molecule has 0 atom stereocenters. The highest BCUT2D eigenvalue weighted by Gasteiger charge is 2.28. The molecule has 1 aliphatic heterocycles. The van der Waals surface area contributed by atoms with Crippen LogP contribution in [-0.2, 0) is 4.74 Å². The molecule has 0 radical (unpaired) electrons. The van der Waals surface area contributed by atoms with Gasteiger partial charge in [-0.3, -0.25) is 4.79 Å². The van der Waals surface area contributed by atoms with E-state index in [0.717, 1.165) is 12.8 Å². The van der Waals surface area contributed by atoms with Crippen molar-refractivity contribution in [2.24, 2.45) is 0 Å². The number of amides is 2. The normalized spacial score (nSPS) is 14.5. The molecule has 3 rings (SSSR count). The molecule has 33 heavy (non-hydrogen) atoms. The van der Waals surface area contributed by atoms with Crippen LogP contribution in [0.3, 0.4) is 0 Å². The Morgan fingerprint density at radius 2 is 1.91 bits per heavy atom. The van der Waals surface area contributed by atoms with E-state index in [0.29, 0.717) is 37.6 Å². The fourth-order valence-electron chi connectivity index (χ4n) is 3.81. The number of nitrogens with zero attached hydrogens (tertiary/aromatic N) is 3. The van der Waals surface area contributed by atoms with Crippen molar-refractivity contribution < 1.29 is 18.7 Å². The van der Waals surface area contributed by atoms with Crippen molar-refractivity contribution in [2.75, 3.05) is 31.5 Å². The standard InChI is InChI=1S/C24H30FN5O3/c1-24(2,3)33-23(32)29-14-9-17(10-15-29)30-13-5-8-21(30)22(31)28-12-11-27-20-7-4-6-19(25)18(20)16-26/h4-8,13,17,27H,9-12,14-15H2,1-3H3,(H,28,31). The van der Waals surface area contributed by atoms with E-state index in [1.807, 2.05) is 43.7 Å². The minimum Gasteiger partial charge on any atom is -0.444 e. The highest BCUT2D eigenvalue weighted by Crippen LogP contribution is 2.26. The average Bonchev–Trinajstić information content (AvgIpc) is 3.26. The zero-order valence-corrected chi connectivity index (χ0v) is 19.2. The molecule has 0 spiro atoms. The van der Waals surface area contributed by atoms with Crippen molar-refractivity contribution in [1.29, 1.82) is 5.26 Å². The van der Waals surface area contributed by atoms with Gasteiger partial charge >= 0.3 is 6.09 Å². The van der Waals surface area contributed by atoms with Crippen LogP contribution in [0.2, 0.25) is 0 Å². The summed E-state index contributed by atoms with van der Waals surface area (Å²) in [6, 6.07) is 9.94. The summed E-state index contributed by atoms with van der Waals surface area (Å²) in [6.07, 6.45) is 3.03. The Bertz CT molecular complexity index is 1030. The lowest BCUT2D eigenvalue weighted by Crippen LogP contribution is -2.42. The maximum atomic E-state index is 13.7. The van der Waals surface area contributed by atoms with Crippen molar-refractivity contribution in [3.63, 3.8) is 0 Å². The summed E-state index contributed by atoms with van der Waals surface area (Å²) in [6.45, 7) is 7.33. The van der Waals surface area contributed by atoms with Crippen molar-refractivity contribution in [1.82, 2.24) is 14.8 Å². The van der Waals surface area contributed by atoms with Crippen LogP contribution in [0.25, 0.3) is 0 Å². The zero-order chi connectivity index (χ0) is 24.0. The topological polar surface area (TPSA) is 99.4 Å². The molecule has 8 nitrogen and oxygen atoms in total. The zero-order valence-electron chi connectivity index (χ0n) is 19.2. The number of aromatic nitrogens is 1. The molecule has 2 amide bonds. The lowest BCUT2D eigenvalue weighted by atomic mass is 10.0. The third-order valence-electron chi connectivity index (χ3n) is 5.37. The first-order chi connectivity index (χ1) is 15.7. The van der Waals surface area contributed by atoms with Gasteiger partial charge < -0.3 is 24.8 Å². The van der Waals surface area contributed by atoms with Crippen LogP contribution in [-0.4, -0.2) is 53.2 Å². The Hall–Kier alpha value is -3.54. The molecule has 176 valence electrons. The first-order valence-electron chi connectivity index (χ1n) is 11.0. The number of hydrogen-bond donors (Lipinski definition) is 2. The van der Waals surface area contributed by atoms with Crippen LogP contribution in [0.5, 0.6) is 0 Å². The Morgan fingerprint density at radius 1 is 1.18 bits per heavy atom. The van der Waals surface area contributed by atoms with E-state index in [4.69, 9.17) is 10.00 Å². The van der Waals surface area contributed by atoms with Gasteiger partial charge in [-0.2, -0.15) is 5.26 Å². The maximum Gasteiger partial charge on any atom is 0.410 e. The van der Waals surface area contributed by atoms with Gasteiger partial charge in [-0.25, -0.2) is 9.18 Å². The predicted octanol–water partition coefficient (Wildman–Crippen LogP) is 3.91. The van der Waals surface area contributed by atoms with Gasteiger partial charge in [0.25, 0.3) is 5.91 Å². The van der Waals surface area contributed by atoms with E-state index in [2.05, 4.69) is 10.6 Å². The van der Waals surface area contributed by atoms with E-state index < -0.39 is 11.4 Å². The number of halogens is 1. The number of nitrogens with one attached hydrogen (secondary N) is 2. The summed E-state index contributed by atoms with van der Waals surface area (Å²) in [7, 11) is 0. The molecular formula is C24H30FN5O3. The van der Waals surface area contributed by atoms with Crippen LogP contribution in [0.1, 0.15) is 55.7 Å². The molecule has 0 saturated carbocycles. The summed E-state index contributed by atoms with van der Waals surface area (Å²) in [5.41, 5.74) is 0.371. The van der Waals surface area contributed by atoms with Crippen LogP contribution in [0, 0.1) is 17.1 Å². The number of hydrogen-bond acceptors (Lipinski definition) is 5. The summed E-state index contributed by atoms with van der Waals surface area (Å²) >= 11 is 0. The molecule has 1 saturated heterocycles. The van der Waals surface area contributed by atoms with Crippen molar-refractivity contribution >= 4 is 17.7 Å². The summed E-state index contributed by atoms with van der Waals surface area (Å²) in [5.74, 6) is -0.793. The number of piperidine rings is 1. The maximum absolute atomic E-state index is 13.7. The predicted molar refractivity (Wildman–Crippen MR) is 122 cm³/mol. The minimum atomic E-state index is -0.581. The molecule has 0 bridgehead atoms. The molecule has 1 aliphatic rings. The quantitative estimate of drug-likeness (QED) is 0.644. The van der Waals surface area contributed by atoms with E-state index in [1.54, 1.807) is 17.0 Å². The number of ether oxygens (including phenoxy) is 1. The third kappa shape index (κ3) is 6.25. The highest BCUT2D eigenvalue weighted by atomic mass is 19.1. The molecule has 0 aliphatic carbocycles. The van der Waals surface area contributed by atoms with Crippen LogP contribution >= 0.6 is 0 Å². The van der Waals surface area contributed by atoms with Gasteiger partial charge in [-0.05, 0) is 57.9 Å². The second-order valence-corrected chi connectivity index (χ2v) is 8.96. The van der Waals surface area contributed by atoms with E-state index in [1.165, 1.54) is 12.1 Å². The van der Waals surface area contributed by atoms with Gasteiger partial charge in [0.05, 0.1) is 5.69 Å². The van der Waals surface area contributed by atoms with Gasteiger partial charge in [0, 0.05) is 38.4 Å². The summed E-state index contributed by atoms with van der Waals surface area (Å²) in [4.78, 5) is 26.7. The van der Waals surface area contributed by atoms with Gasteiger partial charge in [-0.1, -0.05) is 6.07 Å². The Morgan fingerprint density at radius 3 is 2.58 bits per heavy atom. The smallest absolute Gasteiger partial charge is 0.410 e. The second kappa shape index (κ2) is 10.4. The average molecular weight is 456 g/mol. The molecule has 2 N–H and O–H groups in total. The minimum absolute atomic E-state index is 0.0459. The second-order valence-electron chi connectivity index (χ2n) is 8.96. The number of anilines is 1. The summed E-state index contributed by atoms with van der Waals surface area (Å²) in [5, 5.41) is 14.9. The van der Waals surface area contributed by atoms with Crippen LogP contribution in [0.4, 0.5) is 14.9 Å². The van der Waals surface area contributed by atoms with Crippen molar-refractivity contribution in [3.8, 4) is 6.07 Å². The number of carbonyl (C=O) groups is 2. The summed E-state index contributed by atoms with van der Waals surface area (Å²) < 4.78 is 21.1. The first kappa shape index (κ1) is 24.1. The lowest BCUT2D eigenvalue weighted by Gasteiger charge is -2.34. The molecule has 0 unspecified atom stereocenters. The van der Waals surface area contributed by atoms with Gasteiger partial charge in [-0.15, -0.1) is 0 Å². The van der Waals surface area contributed by atoms with Crippen LogP contribution in [0.15, 0.2) is 36.5 Å². The fourth-order valence-corrected chi connectivity index (χ4v) is 3.81. The number of nitriles is 1. The Labute approximate surface area is 193 Å². The number of benzene rings is 1. The van der Waals surface area contributed by atoms with Crippen molar-refractivity contribution in [3.05, 3.63) is 53.6 Å². The van der Waals surface area contributed by atoms with Crippen molar-refractivity contribution in [2.45, 2.75) is 45.3 Å². The molecule has 2 aromatic rings. The Balaban J connectivity index is 1.50. The number of carbonyl (C=O) groups excluding carboxylic acids is 2. The van der Waals surface area contributed by atoms with Gasteiger partial charge in [0.15, 0.2) is 0 Å². The molecule has 1 fully saturated rings. The third-order valence-corrected chi connectivity index (χ3v) is 5.37. The van der Waals surface area contributed by atoms with Gasteiger partial charge in [0.1, 0.15) is 28.7 Å². The van der Waals surface area contributed by atoms with E-state index in [9.17, 15) is 14.0 Å². The highest BCUT2D eigenvalue weighted by molar-refractivity contribution is 5.92. The largest absolute Gasteiger partial charge is 0.444 e. The molecule has 2 heterocycles. The lowest BCUT2D eigenvalue weighted by molar-refractivity contribution is 0.0187. The number of rotatable bonds is 6. The number of likely N-dealkylation sites (tertiary alicyclic amines) is 1.